The van der Waals surface area contributed by atoms with Crippen LogP contribution in [0.2, 0.25) is 10.0 Å². The van der Waals surface area contributed by atoms with Gasteiger partial charge in [-0.15, -0.1) is 0 Å². The number of hydrogen-bond acceptors (Lipinski definition) is 5. The van der Waals surface area contributed by atoms with E-state index in [4.69, 9.17) is 27.9 Å². The molecule has 0 bridgehead atoms. The quantitative estimate of drug-likeness (QED) is 0.291. The van der Waals surface area contributed by atoms with Crippen molar-refractivity contribution in [3.05, 3.63) is 39.9 Å². The van der Waals surface area contributed by atoms with Crippen molar-refractivity contribution in [2.75, 3.05) is 31.1 Å². The van der Waals surface area contributed by atoms with Gasteiger partial charge in [-0.2, -0.15) is 0 Å². The molecule has 5 aliphatic carbocycles. The molecular formula is C42H58Cl2N2O4. The first-order chi connectivity index (χ1) is 23.3. The minimum absolute atomic E-state index is 0.0658. The normalized spacial score (nSPS) is 42.4. The number of carbonyl (C=O) groups excluding carboxylic acids is 3. The summed E-state index contributed by atoms with van der Waals surface area (Å²) in [5, 5.41) is 1.28. The first-order valence-electron chi connectivity index (χ1n) is 19.2. The highest BCUT2D eigenvalue weighted by Crippen LogP contribution is 2.75. The zero-order chi connectivity index (χ0) is 36.2. The molecule has 9 atom stereocenters. The first-order valence-corrected chi connectivity index (χ1v) is 20.0. The maximum Gasteiger partial charge on any atom is 0.302 e. The van der Waals surface area contributed by atoms with Gasteiger partial charge in [0.05, 0.1) is 15.7 Å². The van der Waals surface area contributed by atoms with Gasteiger partial charge in [0.25, 0.3) is 0 Å². The maximum atomic E-state index is 14.8. The highest BCUT2D eigenvalue weighted by Gasteiger charge is 2.70. The summed E-state index contributed by atoms with van der Waals surface area (Å²) in [5.74, 6) is 0.773. The number of carbonyl (C=O) groups is 3. The van der Waals surface area contributed by atoms with Crippen LogP contribution in [0.4, 0.5) is 5.69 Å². The van der Waals surface area contributed by atoms with Gasteiger partial charge in [0.15, 0.2) is 5.78 Å². The topological polar surface area (TPSA) is 66.9 Å². The number of amides is 1. The summed E-state index contributed by atoms with van der Waals surface area (Å²) in [7, 11) is 0. The molecule has 1 aromatic carbocycles. The number of ketones is 1. The van der Waals surface area contributed by atoms with Gasteiger partial charge in [0.1, 0.15) is 6.10 Å². The largest absolute Gasteiger partial charge is 0.462 e. The molecule has 0 N–H and O–H groups in total. The number of nitrogens with zero attached hydrogens (tertiary/aromatic N) is 2. The van der Waals surface area contributed by atoms with Crippen LogP contribution < -0.4 is 4.90 Å². The van der Waals surface area contributed by atoms with E-state index in [0.717, 1.165) is 63.5 Å². The number of benzene rings is 1. The van der Waals surface area contributed by atoms with Gasteiger partial charge >= 0.3 is 5.97 Å². The van der Waals surface area contributed by atoms with Crippen molar-refractivity contribution in [1.82, 2.24) is 4.90 Å². The molecule has 6 aliphatic rings. The highest BCUT2D eigenvalue weighted by atomic mass is 35.5. The molecule has 6 nitrogen and oxygen atoms in total. The Morgan fingerprint density at radius 1 is 0.840 bits per heavy atom. The fourth-order valence-electron chi connectivity index (χ4n) is 13.1. The number of hydrogen-bond donors (Lipinski definition) is 0. The average Bonchev–Trinajstić information content (AvgIpc) is 3.04. The molecule has 1 saturated heterocycles. The molecule has 50 heavy (non-hydrogen) atoms. The van der Waals surface area contributed by atoms with Crippen LogP contribution in [0.5, 0.6) is 0 Å². The smallest absolute Gasteiger partial charge is 0.302 e. The number of rotatable bonds is 3. The monoisotopic (exact) mass is 724 g/mol. The van der Waals surface area contributed by atoms with Crippen molar-refractivity contribution in [3.63, 3.8) is 0 Å². The summed E-state index contributed by atoms with van der Waals surface area (Å²) in [6.45, 7) is 20.7. The summed E-state index contributed by atoms with van der Waals surface area (Å²) in [4.78, 5) is 45.7. The Morgan fingerprint density at radius 2 is 1.48 bits per heavy atom. The van der Waals surface area contributed by atoms with E-state index in [2.05, 4.69) is 64.3 Å². The summed E-state index contributed by atoms with van der Waals surface area (Å²) < 4.78 is 5.90. The van der Waals surface area contributed by atoms with E-state index in [-0.39, 0.29) is 56.9 Å². The van der Waals surface area contributed by atoms with Crippen LogP contribution in [0.3, 0.4) is 0 Å². The van der Waals surface area contributed by atoms with Crippen molar-refractivity contribution in [3.8, 4) is 0 Å². The van der Waals surface area contributed by atoms with E-state index in [1.165, 1.54) is 12.5 Å². The first kappa shape index (κ1) is 36.3. The van der Waals surface area contributed by atoms with E-state index in [1.807, 2.05) is 18.2 Å². The Bertz CT molecular complexity index is 1610. The fourth-order valence-corrected chi connectivity index (χ4v) is 13.7. The third kappa shape index (κ3) is 5.17. The lowest BCUT2D eigenvalue weighted by molar-refractivity contribution is -0.210. The van der Waals surface area contributed by atoms with Gasteiger partial charge in [0.2, 0.25) is 5.91 Å². The Labute approximate surface area is 310 Å². The van der Waals surface area contributed by atoms with E-state index in [0.29, 0.717) is 47.9 Å². The standard InChI is InChI=1S/C42H58Cl2N2O4/c1-26(47)50-33-13-14-40(6)32(37(33,2)3)12-15-42(8)35(40)31(48)24-27-28-25-39(5,17-16-38(28,4)18-19-41(27,42)7)36(49)46-22-20-45(21-23-46)34-29(43)10-9-11-30(34)44/h9-11,24,28,32-33,35H,12-23,25H2,1-8H3/t28-,32-,33-,35+,38+,39-,40-,41+,42+/m0/s1. The van der Waals surface area contributed by atoms with Crippen LogP contribution in [0.15, 0.2) is 29.8 Å². The van der Waals surface area contributed by atoms with Gasteiger partial charge in [-0.25, -0.2) is 0 Å². The molecule has 0 unspecified atom stereocenters. The third-order valence-corrected chi connectivity index (χ3v) is 16.8. The zero-order valence-electron chi connectivity index (χ0n) is 31.6. The Morgan fingerprint density at radius 3 is 2.12 bits per heavy atom. The average molecular weight is 726 g/mol. The molecule has 0 aromatic heterocycles. The number of piperazine rings is 1. The molecule has 1 heterocycles. The minimum Gasteiger partial charge on any atom is -0.462 e. The van der Waals surface area contributed by atoms with Crippen molar-refractivity contribution in [2.45, 2.75) is 119 Å². The molecule has 7 rings (SSSR count). The Balaban J connectivity index is 1.15. The van der Waals surface area contributed by atoms with Crippen LogP contribution in [0, 0.1) is 50.2 Å². The number of allylic oxidation sites excluding steroid dienone is 2. The predicted molar refractivity (Wildman–Crippen MR) is 200 cm³/mol. The van der Waals surface area contributed by atoms with Crippen LogP contribution in [0.25, 0.3) is 0 Å². The number of halogens is 2. The van der Waals surface area contributed by atoms with Crippen LogP contribution in [-0.4, -0.2) is 54.8 Å². The number of esters is 1. The van der Waals surface area contributed by atoms with Crippen LogP contribution >= 0.6 is 23.2 Å². The molecule has 1 aromatic rings. The van der Waals surface area contributed by atoms with Crippen LogP contribution in [0.1, 0.15) is 113 Å². The van der Waals surface area contributed by atoms with Gasteiger partial charge in [-0.3, -0.25) is 14.4 Å². The summed E-state index contributed by atoms with van der Waals surface area (Å²) >= 11 is 13.1. The van der Waals surface area contributed by atoms with E-state index < -0.39 is 5.41 Å². The molecule has 274 valence electrons. The van der Waals surface area contributed by atoms with Crippen LogP contribution in [-0.2, 0) is 19.1 Å². The van der Waals surface area contributed by atoms with Gasteiger partial charge in [0, 0.05) is 49.9 Å². The van der Waals surface area contributed by atoms with Gasteiger partial charge < -0.3 is 14.5 Å². The SMILES string of the molecule is CC(=O)O[C@H]1CC[C@]2(C)[C@H]3C(=O)C=C4[C@@H]5C[C@@](C)(C(=O)N6CCN(c7c(Cl)cccc7Cl)CC6)CC[C@]5(C)CC[C@@]4(C)[C@]3(C)CC[C@H]2C1(C)C. The van der Waals surface area contributed by atoms with E-state index >= 15 is 0 Å². The molecule has 0 spiro atoms. The molecule has 5 fully saturated rings. The Hall–Kier alpha value is -2.05. The molecule has 4 saturated carbocycles. The number of para-hydroxylation sites is 1. The van der Waals surface area contributed by atoms with Crippen molar-refractivity contribution < 1.29 is 19.1 Å². The zero-order valence-corrected chi connectivity index (χ0v) is 33.1. The van der Waals surface area contributed by atoms with Crippen molar-refractivity contribution in [1.29, 1.82) is 0 Å². The fraction of sp³-hybridized carbons (Fsp3) is 0.738. The van der Waals surface area contributed by atoms with Crippen molar-refractivity contribution in [2.24, 2.45) is 50.2 Å². The van der Waals surface area contributed by atoms with E-state index in [1.54, 1.807) is 0 Å². The predicted octanol–water partition coefficient (Wildman–Crippen LogP) is 9.55. The molecule has 0 radical (unpaired) electrons. The number of anilines is 1. The minimum atomic E-state index is -0.475. The third-order valence-electron chi connectivity index (χ3n) is 16.2. The summed E-state index contributed by atoms with van der Waals surface area (Å²) in [5.41, 5.74) is 1.16. The highest BCUT2D eigenvalue weighted by molar-refractivity contribution is 6.39. The molecule has 1 aliphatic heterocycles. The Kier molecular flexibility index (Phi) is 8.70. The second-order valence-electron chi connectivity index (χ2n) is 19.1. The molecule has 8 heteroatoms. The maximum absolute atomic E-state index is 14.8. The number of ether oxygens (including phenoxy) is 1. The summed E-state index contributed by atoms with van der Waals surface area (Å²) in [6, 6.07) is 5.60. The van der Waals surface area contributed by atoms with E-state index in [9.17, 15) is 14.4 Å². The molecule has 1 amide bonds. The number of fused-ring (bicyclic) bond motifs is 7. The lowest BCUT2D eigenvalue weighted by atomic mass is 9.33. The summed E-state index contributed by atoms with van der Waals surface area (Å²) in [6.07, 6.45) is 10.6. The van der Waals surface area contributed by atoms with Crippen molar-refractivity contribution >= 4 is 46.5 Å². The lowest BCUT2D eigenvalue weighted by Crippen LogP contribution is -2.67. The molecular weight excluding hydrogens is 667 g/mol. The second-order valence-corrected chi connectivity index (χ2v) is 19.9. The van der Waals surface area contributed by atoms with Gasteiger partial charge in [-0.05, 0) is 109 Å². The second kappa shape index (κ2) is 12.0. The van der Waals surface area contributed by atoms with Gasteiger partial charge in [-0.1, -0.05) is 83.3 Å². The lowest BCUT2D eigenvalue weighted by Gasteiger charge is -2.70.